The molecule has 1 aromatic carbocycles. The number of hydrogen-bond donors (Lipinski definition) is 1. The summed E-state index contributed by atoms with van der Waals surface area (Å²) in [5.74, 6) is 0.322. The lowest BCUT2D eigenvalue weighted by Gasteiger charge is -1.82. The Hall–Kier alpha value is -1.31. The fraction of sp³-hybridized carbons (Fsp3) is 0.125. The third-order valence-electron chi connectivity index (χ3n) is 0.756. The van der Waals surface area contributed by atoms with Crippen molar-refractivity contribution in [2.75, 3.05) is 0 Å². The number of carbonyl (C=O) groups is 1. The summed E-state index contributed by atoms with van der Waals surface area (Å²) in [5, 5.41) is 8.63. The Morgan fingerprint density at radius 1 is 1.10 bits per heavy atom. The maximum absolute atomic E-state index is 8.63. The molecule has 0 saturated carbocycles. The summed E-state index contributed by atoms with van der Waals surface area (Å²) in [4.78, 5) is 8.00. The smallest absolute Gasteiger partial charge is 0.115 e. The summed E-state index contributed by atoms with van der Waals surface area (Å²) in [5.41, 5.74) is 0. The van der Waals surface area contributed by atoms with Gasteiger partial charge in [-0.2, -0.15) is 0 Å². The van der Waals surface area contributed by atoms with Gasteiger partial charge in [0, 0.05) is 0 Å². The van der Waals surface area contributed by atoms with Crippen LogP contribution in [0.5, 0.6) is 5.75 Å². The van der Waals surface area contributed by atoms with E-state index in [0.29, 0.717) is 5.75 Å². The van der Waals surface area contributed by atoms with E-state index >= 15 is 0 Å². The van der Waals surface area contributed by atoms with Gasteiger partial charge in [-0.25, -0.2) is 0 Å². The summed E-state index contributed by atoms with van der Waals surface area (Å²) in [6.07, 6.45) is 0. The first-order valence-corrected chi connectivity index (χ1v) is 2.42. The Balaban J connectivity index is 0. The molecule has 0 bridgehead atoms. The highest BCUT2D eigenvalue weighted by Crippen LogP contribution is 2.02. The number of rotatable bonds is 0. The van der Waals surface area contributed by atoms with Crippen molar-refractivity contribution in [3.05, 3.63) is 30.3 Å². The third kappa shape index (κ3) is 4.84. The van der Waals surface area contributed by atoms with Crippen LogP contribution in [0.15, 0.2) is 30.3 Å². The zero-order valence-electron chi connectivity index (χ0n) is 4.95. The quantitative estimate of drug-likeness (QED) is 0.597. The van der Waals surface area contributed by atoms with Crippen LogP contribution in [0.3, 0.4) is 0 Å². The highest BCUT2D eigenvalue weighted by Gasteiger charge is 1.74. The molecule has 1 rings (SSSR count). The number of aromatic hydroxyl groups is 1. The molecule has 2 nitrogen and oxygen atoms in total. The highest BCUT2D eigenvalue weighted by molar-refractivity contribution is 5.18. The minimum Gasteiger partial charge on any atom is -0.508 e. The van der Waals surface area contributed by atoms with E-state index in [1.54, 1.807) is 24.3 Å². The Morgan fingerprint density at radius 2 is 1.50 bits per heavy atom. The molecule has 10 heavy (non-hydrogen) atoms. The van der Waals surface area contributed by atoms with Crippen molar-refractivity contribution in [3.8, 4) is 5.75 Å². The predicted molar refractivity (Wildman–Crippen MR) is 42.0 cm³/mol. The largest absolute Gasteiger partial charge is 0.508 e. The zero-order chi connectivity index (χ0) is 7.11. The van der Waals surface area contributed by atoms with E-state index in [1.165, 1.54) is 0 Å². The second-order valence-corrected chi connectivity index (χ2v) is 1.34. The minimum absolute atomic E-state index is 0. The SMILES string of the molecule is C.C=O.Oc1ccccc1. The van der Waals surface area contributed by atoms with Crippen LogP contribution in [-0.4, -0.2) is 11.9 Å². The van der Waals surface area contributed by atoms with Gasteiger partial charge in [-0.3, -0.25) is 0 Å². The molecule has 2 heteroatoms. The molecule has 0 aliphatic heterocycles. The van der Waals surface area contributed by atoms with E-state index in [-0.39, 0.29) is 7.43 Å². The van der Waals surface area contributed by atoms with Gasteiger partial charge in [0.25, 0.3) is 0 Å². The van der Waals surface area contributed by atoms with Gasteiger partial charge in [0.2, 0.25) is 0 Å². The maximum atomic E-state index is 8.63. The molecule has 0 aliphatic rings. The monoisotopic (exact) mass is 140 g/mol. The topological polar surface area (TPSA) is 37.3 Å². The molecule has 0 aromatic heterocycles. The standard InChI is InChI=1S/C6H6O.CH2O.CH4/c7-6-4-2-1-3-5-6;1-2;/h1-5,7H;1H2;1H4. The predicted octanol–water partition coefficient (Wildman–Crippen LogP) is 1.84. The summed E-state index contributed by atoms with van der Waals surface area (Å²) in [6, 6.07) is 8.71. The van der Waals surface area contributed by atoms with Crippen molar-refractivity contribution >= 4 is 6.79 Å². The molecule has 0 radical (unpaired) electrons. The molecule has 0 atom stereocenters. The van der Waals surface area contributed by atoms with Crippen LogP contribution in [0.25, 0.3) is 0 Å². The van der Waals surface area contributed by atoms with E-state index in [4.69, 9.17) is 9.90 Å². The average molecular weight is 140 g/mol. The van der Waals surface area contributed by atoms with Crippen molar-refractivity contribution in [3.63, 3.8) is 0 Å². The zero-order valence-corrected chi connectivity index (χ0v) is 4.95. The third-order valence-corrected chi connectivity index (χ3v) is 0.756. The van der Waals surface area contributed by atoms with E-state index in [9.17, 15) is 0 Å². The van der Waals surface area contributed by atoms with Gasteiger partial charge in [0.05, 0.1) is 0 Å². The lowest BCUT2D eigenvalue weighted by molar-refractivity contribution is -0.0979. The van der Waals surface area contributed by atoms with E-state index in [2.05, 4.69) is 0 Å². The van der Waals surface area contributed by atoms with E-state index < -0.39 is 0 Å². The van der Waals surface area contributed by atoms with Crippen LogP contribution in [0.2, 0.25) is 0 Å². The average Bonchev–Trinajstić information content (AvgIpc) is 1.94. The molecule has 0 unspecified atom stereocenters. The molecule has 0 spiro atoms. The van der Waals surface area contributed by atoms with Crippen LogP contribution in [0.1, 0.15) is 7.43 Å². The number of carbonyl (C=O) groups excluding carboxylic acids is 1. The van der Waals surface area contributed by atoms with Gasteiger partial charge in [0.15, 0.2) is 0 Å². The summed E-state index contributed by atoms with van der Waals surface area (Å²) >= 11 is 0. The van der Waals surface area contributed by atoms with Crippen molar-refractivity contribution in [1.29, 1.82) is 0 Å². The Labute approximate surface area is 61.1 Å². The van der Waals surface area contributed by atoms with Gasteiger partial charge in [0.1, 0.15) is 12.5 Å². The molecule has 0 saturated heterocycles. The van der Waals surface area contributed by atoms with Crippen molar-refractivity contribution < 1.29 is 9.90 Å². The number of phenolic OH excluding ortho intramolecular Hbond substituents is 1. The second kappa shape index (κ2) is 7.69. The normalized spacial score (nSPS) is 6.40. The second-order valence-electron chi connectivity index (χ2n) is 1.34. The van der Waals surface area contributed by atoms with Gasteiger partial charge in [-0.1, -0.05) is 25.6 Å². The minimum atomic E-state index is 0. The Kier molecular flexibility index (Phi) is 8.83. The van der Waals surface area contributed by atoms with E-state index in [0.717, 1.165) is 0 Å². The highest BCUT2D eigenvalue weighted by atomic mass is 16.3. The van der Waals surface area contributed by atoms with Crippen molar-refractivity contribution in [2.45, 2.75) is 7.43 Å². The number of hydrogen-bond acceptors (Lipinski definition) is 2. The van der Waals surface area contributed by atoms with Crippen LogP contribution in [-0.2, 0) is 4.79 Å². The lowest BCUT2D eigenvalue weighted by atomic mass is 10.3. The van der Waals surface area contributed by atoms with Gasteiger partial charge >= 0.3 is 0 Å². The van der Waals surface area contributed by atoms with Gasteiger partial charge < -0.3 is 9.90 Å². The Bertz CT molecular complexity index is 149. The van der Waals surface area contributed by atoms with Crippen LogP contribution >= 0.6 is 0 Å². The summed E-state index contributed by atoms with van der Waals surface area (Å²) in [6.45, 7) is 2.00. The van der Waals surface area contributed by atoms with Crippen LogP contribution in [0, 0.1) is 0 Å². The van der Waals surface area contributed by atoms with Gasteiger partial charge in [-0.15, -0.1) is 0 Å². The molecular weight excluding hydrogens is 128 g/mol. The van der Waals surface area contributed by atoms with Crippen LogP contribution < -0.4 is 0 Å². The number of phenols is 1. The first-order chi connectivity index (χ1) is 4.39. The summed E-state index contributed by atoms with van der Waals surface area (Å²) < 4.78 is 0. The summed E-state index contributed by atoms with van der Waals surface area (Å²) in [7, 11) is 0. The molecule has 1 N–H and O–H groups in total. The van der Waals surface area contributed by atoms with Crippen molar-refractivity contribution in [1.82, 2.24) is 0 Å². The van der Waals surface area contributed by atoms with Gasteiger partial charge in [-0.05, 0) is 12.1 Å². The first-order valence-electron chi connectivity index (χ1n) is 2.42. The number of benzene rings is 1. The molecule has 0 amide bonds. The fourth-order valence-electron chi connectivity index (χ4n) is 0.428. The Morgan fingerprint density at radius 3 is 1.70 bits per heavy atom. The van der Waals surface area contributed by atoms with Crippen LogP contribution in [0.4, 0.5) is 0 Å². The first kappa shape index (κ1) is 11.5. The molecular formula is C8H12O2. The van der Waals surface area contributed by atoms with E-state index in [1.807, 2.05) is 12.9 Å². The molecule has 56 valence electrons. The molecule has 1 aromatic rings. The lowest BCUT2D eigenvalue weighted by Crippen LogP contribution is -1.56. The molecule has 0 heterocycles. The molecule has 0 aliphatic carbocycles. The van der Waals surface area contributed by atoms with Crippen molar-refractivity contribution in [2.24, 2.45) is 0 Å². The number of para-hydroxylation sites is 1. The molecule has 0 fully saturated rings. The fourth-order valence-corrected chi connectivity index (χ4v) is 0.428. The maximum Gasteiger partial charge on any atom is 0.115 e.